The van der Waals surface area contributed by atoms with Crippen LogP contribution in [0.2, 0.25) is 0 Å². The number of benzene rings is 1. The minimum absolute atomic E-state index is 0.0705. The Morgan fingerprint density at radius 3 is 3.25 bits per heavy atom. The van der Waals surface area contributed by atoms with Crippen molar-refractivity contribution in [1.82, 2.24) is 5.32 Å². The van der Waals surface area contributed by atoms with Gasteiger partial charge in [-0.15, -0.1) is 11.8 Å². The molecule has 0 saturated carbocycles. The highest BCUT2D eigenvalue weighted by molar-refractivity contribution is 7.99. The molecule has 0 fully saturated rings. The van der Waals surface area contributed by atoms with Crippen molar-refractivity contribution < 1.29 is 4.39 Å². The molecule has 0 radical (unpaired) electrons. The Morgan fingerprint density at radius 1 is 1.56 bits per heavy atom. The normalized spacial score (nSPS) is 19.5. The summed E-state index contributed by atoms with van der Waals surface area (Å²) in [6, 6.07) is 5.74. The van der Waals surface area contributed by atoms with Gasteiger partial charge in [0.1, 0.15) is 5.82 Å². The van der Waals surface area contributed by atoms with Gasteiger partial charge in [0.05, 0.1) is 0 Å². The molecule has 1 aliphatic heterocycles. The molecule has 1 nitrogen and oxygen atoms in total. The molecule has 1 atom stereocenters. The van der Waals surface area contributed by atoms with Crippen LogP contribution in [0.3, 0.4) is 0 Å². The topological polar surface area (TPSA) is 12.0 Å². The first kappa shape index (κ1) is 12.3. The maximum Gasteiger partial charge on any atom is 0.137 e. The lowest BCUT2D eigenvalue weighted by molar-refractivity contribution is 0.512. The van der Waals surface area contributed by atoms with Crippen LogP contribution < -0.4 is 5.32 Å². The molecule has 4 heteroatoms. The molecule has 16 heavy (non-hydrogen) atoms. The highest BCUT2D eigenvalue weighted by atomic mass is 32.2. The summed E-state index contributed by atoms with van der Waals surface area (Å²) in [5.41, 5.74) is 1.14. The number of fused-ring (bicyclic) bond motifs is 1. The van der Waals surface area contributed by atoms with E-state index in [1.807, 2.05) is 23.9 Å². The number of hydrogen-bond acceptors (Lipinski definition) is 3. The number of nitrogens with one attached hydrogen (secondary N) is 1. The lowest BCUT2D eigenvalue weighted by atomic mass is 10.0. The van der Waals surface area contributed by atoms with Gasteiger partial charge >= 0.3 is 0 Å². The van der Waals surface area contributed by atoms with Crippen LogP contribution in [-0.4, -0.2) is 24.3 Å². The van der Waals surface area contributed by atoms with Crippen LogP contribution >= 0.6 is 23.5 Å². The monoisotopic (exact) mass is 257 g/mol. The predicted molar refractivity (Wildman–Crippen MR) is 70.9 cm³/mol. The van der Waals surface area contributed by atoms with E-state index in [-0.39, 0.29) is 5.82 Å². The molecule has 0 amide bonds. The van der Waals surface area contributed by atoms with Gasteiger partial charge in [0.25, 0.3) is 0 Å². The van der Waals surface area contributed by atoms with Crippen LogP contribution in [0.25, 0.3) is 0 Å². The summed E-state index contributed by atoms with van der Waals surface area (Å²) < 4.78 is 13.6. The third kappa shape index (κ3) is 2.73. The standard InChI is InChI=1S/C12H16FNS2/c1-15-8-6-14-11-5-7-16-12-9(11)3-2-4-10(12)13/h2-4,11,14H,5-8H2,1H3. The summed E-state index contributed by atoms with van der Waals surface area (Å²) in [6.07, 6.45) is 3.20. The Hall–Kier alpha value is -0.190. The van der Waals surface area contributed by atoms with Gasteiger partial charge in [0.2, 0.25) is 0 Å². The zero-order valence-corrected chi connectivity index (χ0v) is 11.0. The Bertz CT molecular complexity index is 357. The average Bonchev–Trinajstić information content (AvgIpc) is 2.31. The first-order valence-electron chi connectivity index (χ1n) is 5.46. The molecule has 0 saturated heterocycles. The fourth-order valence-corrected chi connectivity index (χ4v) is 3.40. The average molecular weight is 257 g/mol. The first-order chi connectivity index (χ1) is 7.83. The molecule has 0 spiro atoms. The summed E-state index contributed by atoms with van der Waals surface area (Å²) in [5, 5.41) is 3.51. The Morgan fingerprint density at radius 2 is 2.44 bits per heavy atom. The van der Waals surface area contributed by atoms with Gasteiger partial charge < -0.3 is 5.32 Å². The van der Waals surface area contributed by atoms with Crippen molar-refractivity contribution in [3.63, 3.8) is 0 Å². The van der Waals surface area contributed by atoms with Crippen LogP contribution in [0.4, 0.5) is 4.39 Å². The Kier molecular flexibility index (Phi) is 4.55. The van der Waals surface area contributed by atoms with Gasteiger partial charge in [-0.25, -0.2) is 4.39 Å². The van der Waals surface area contributed by atoms with Crippen LogP contribution in [0.15, 0.2) is 23.1 Å². The van der Waals surface area contributed by atoms with Crippen LogP contribution in [-0.2, 0) is 0 Å². The summed E-state index contributed by atoms with van der Waals surface area (Å²) in [4.78, 5) is 0.843. The van der Waals surface area contributed by atoms with Gasteiger partial charge in [0, 0.05) is 23.2 Å². The quantitative estimate of drug-likeness (QED) is 0.831. The SMILES string of the molecule is CSCCNC1CCSc2c(F)cccc21. The van der Waals surface area contributed by atoms with Crippen LogP contribution in [0.5, 0.6) is 0 Å². The number of halogens is 1. The molecule has 1 unspecified atom stereocenters. The van der Waals surface area contributed by atoms with Crippen LogP contribution in [0, 0.1) is 5.82 Å². The highest BCUT2D eigenvalue weighted by Gasteiger charge is 2.22. The van der Waals surface area contributed by atoms with Crippen molar-refractivity contribution in [3.05, 3.63) is 29.6 Å². The molecular weight excluding hydrogens is 241 g/mol. The van der Waals surface area contributed by atoms with Gasteiger partial charge in [-0.2, -0.15) is 11.8 Å². The second-order valence-electron chi connectivity index (χ2n) is 3.79. The van der Waals surface area contributed by atoms with Crippen molar-refractivity contribution in [1.29, 1.82) is 0 Å². The Balaban J connectivity index is 2.10. The lowest BCUT2D eigenvalue weighted by Crippen LogP contribution is -2.26. The maximum atomic E-state index is 13.6. The molecule has 1 aromatic carbocycles. The summed E-state index contributed by atoms with van der Waals surface area (Å²) >= 11 is 3.47. The smallest absolute Gasteiger partial charge is 0.137 e. The second kappa shape index (κ2) is 5.94. The summed E-state index contributed by atoms with van der Waals surface area (Å²) in [7, 11) is 0. The highest BCUT2D eigenvalue weighted by Crippen LogP contribution is 2.37. The lowest BCUT2D eigenvalue weighted by Gasteiger charge is -2.26. The van der Waals surface area contributed by atoms with Crippen molar-refractivity contribution >= 4 is 23.5 Å². The number of rotatable bonds is 4. The van der Waals surface area contributed by atoms with E-state index in [1.54, 1.807) is 17.8 Å². The van der Waals surface area contributed by atoms with Gasteiger partial charge in [-0.05, 0) is 30.1 Å². The maximum absolute atomic E-state index is 13.6. The fourth-order valence-electron chi connectivity index (χ4n) is 1.93. The van der Waals surface area contributed by atoms with Crippen molar-refractivity contribution in [2.24, 2.45) is 0 Å². The molecule has 1 aromatic rings. The van der Waals surface area contributed by atoms with E-state index in [0.29, 0.717) is 6.04 Å². The largest absolute Gasteiger partial charge is 0.309 e. The molecule has 88 valence electrons. The summed E-state index contributed by atoms with van der Waals surface area (Å²) in [6.45, 7) is 0.993. The molecule has 0 aliphatic carbocycles. The zero-order chi connectivity index (χ0) is 11.4. The first-order valence-corrected chi connectivity index (χ1v) is 7.84. The molecule has 1 heterocycles. The summed E-state index contributed by atoms with van der Waals surface area (Å²) in [5.74, 6) is 2.04. The number of thioether (sulfide) groups is 2. The molecule has 0 aromatic heterocycles. The minimum atomic E-state index is -0.0705. The van der Waals surface area contributed by atoms with E-state index in [9.17, 15) is 4.39 Å². The number of hydrogen-bond donors (Lipinski definition) is 1. The second-order valence-corrected chi connectivity index (χ2v) is 5.89. The fraction of sp³-hybridized carbons (Fsp3) is 0.500. The molecular formula is C12H16FNS2. The van der Waals surface area contributed by atoms with Crippen molar-refractivity contribution in [2.75, 3.05) is 24.3 Å². The Labute approximate surface area is 105 Å². The van der Waals surface area contributed by atoms with Crippen molar-refractivity contribution in [3.8, 4) is 0 Å². The van der Waals surface area contributed by atoms with E-state index >= 15 is 0 Å². The van der Waals surface area contributed by atoms with Crippen molar-refractivity contribution in [2.45, 2.75) is 17.4 Å². The zero-order valence-electron chi connectivity index (χ0n) is 9.33. The molecule has 1 aliphatic rings. The van der Waals surface area contributed by atoms with Gasteiger partial charge in [-0.1, -0.05) is 12.1 Å². The van der Waals surface area contributed by atoms with Crippen LogP contribution in [0.1, 0.15) is 18.0 Å². The van der Waals surface area contributed by atoms with E-state index in [2.05, 4.69) is 11.6 Å². The third-order valence-electron chi connectivity index (χ3n) is 2.72. The van der Waals surface area contributed by atoms with E-state index < -0.39 is 0 Å². The van der Waals surface area contributed by atoms with Gasteiger partial charge in [0.15, 0.2) is 0 Å². The predicted octanol–water partition coefficient (Wildman–Crippen LogP) is 3.32. The molecule has 1 N–H and O–H groups in total. The van der Waals surface area contributed by atoms with Gasteiger partial charge in [-0.3, -0.25) is 0 Å². The molecule has 2 rings (SSSR count). The minimum Gasteiger partial charge on any atom is -0.309 e. The third-order valence-corrected chi connectivity index (χ3v) is 4.49. The van der Waals surface area contributed by atoms with E-state index in [4.69, 9.17) is 0 Å². The van der Waals surface area contributed by atoms with E-state index in [0.717, 1.165) is 34.9 Å². The molecule has 0 bridgehead atoms. The van der Waals surface area contributed by atoms with E-state index in [1.165, 1.54) is 0 Å².